The average Bonchev–Trinajstić information content (AvgIpc) is 3.12. The molecule has 1 aromatic heterocycles. The number of fused-ring (bicyclic) bond motifs is 1. The second-order valence-corrected chi connectivity index (χ2v) is 8.09. The molecule has 3 aliphatic heterocycles. The number of likely N-dealkylation sites (tertiary alicyclic amines) is 1. The van der Waals surface area contributed by atoms with Crippen LogP contribution < -0.4 is 9.47 Å². The topological polar surface area (TPSA) is 101 Å². The van der Waals surface area contributed by atoms with Gasteiger partial charge in [-0.05, 0) is 35.9 Å². The maximum absolute atomic E-state index is 13.1. The van der Waals surface area contributed by atoms with Gasteiger partial charge in [-0.15, -0.1) is 0 Å². The van der Waals surface area contributed by atoms with Crippen molar-refractivity contribution in [1.29, 1.82) is 0 Å². The summed E-state index contributed by atoms with van der Waals surface area (Å²) in [5.74, 6) is -0.488. The van der Waals surface area contributed by atoms with Gasteiger partial charge in [0.2, 0.25) is 0 Å². The molecule has 33 heavy (non-hydrogen) atoms. The largest absolute Gasteiger partial charge is 0.507 e. The van der Waals surface area contributed by atoms with E-state index in [0.29, 0.717) is 62.1 Å². The summed E-state index contributed by atoms with van der Waals surface area (Å²) in [5, 5.41) is 11.2. The minimum atomic E-state index is -0.706. The highest BCUT2D eigenvalue weighted by Gasteiger charge is 2.46. The number of benzene rings is 1. The molecule has 0 bridgehead atoms. The molecule has 1 unspecified atom stereocenters. The molecule has 1 amide bonds. The molecule has 0 spiro atoms. The highest BCUT2D eigenvalue weighted by atomic mass is 16.6. The molecule has 0 saturated carbocycles. The number of pyridine rings is 1. The first-order valence-electron chi connectivity index (χ1n) is 11.0. The van der Waals surface area contributed by atoms with Crippen LogP contribution >= 0.6 is 0 Å². The van der Waals surface area contributed by atoms with E-state index in [1.807, 2.05) is 0 Å². The monoisotopic (exact) mass is 451 g/mol. The Morgan fingerprint density at radius 1 is 0.970 bits per heavy atom. The maximum Gasteiger partial charge on any atom is 0.295 e. The van der Waals surface area contributed by atoms with Gasteiger partial charge in [0.1, 0.15) is 19.0 Å². The van der Waals surface area contributed by atoms with Crippen molar-refractivity contribution in [2.45, 2.75) is 6.04 Å². The second kappa shape index (κ2) is 9.21. The number of hydrogen-bond donors (Lipinski definition) is 1. The number of carbonyl (C=O) groups excluding carboxylic acids is 2. The van der Waals surface area contributed by atoms with Gasteiger partial charge in [-0.2, -0.15) is 0 Å². The molecule has 172 valence electrons. The molecule has 1 aromatic carbocycles. The van der Waals surface area contributed by atoms with Crippen molar-refractivity contribution in [3.63, 3.8) is 0 Å². The Balaban J connectivity index is 1.52. The summed E-state index contributed by atoms with van der Waals surface area (Å²) in [4.78, 5) is 34.0. The summed E-state index contributed by atoms with van der Waals surface area (Å²) < 4.78 is 16.6. The molecule has 1 atom stereocenters. The van der Waals surface area contributed by atoms with E-state index >= 15 is 0 Å². The van der Waals surface area contributed by atoms with Crippen LogP contribution in [0.25, 0.3) is 5.76 Å². The van der Waals surface area contributed by atoms with Crippen LogP contribution in [-0.4, -0.2) is 84.2 Å². The number of aliphatic hydroxyl groups is 1. The Labute approximate surface area is 191 Å². The third kappa shape index (κ3) is 4.17. The van der Waals surface area contributed by atoms with Gasteiger partial charge < -0.3 is 24.2 Å². The van der Waals surface area contributed by atoms with Crippen LogP contribution in [0.4, 0.5) is 0 Å². The standard InChI is InChI=1S/C24H25N3O6/c28-22(17-1-2-18-19(15-17)33-14-13-32-18)20-21(16-3-5-25-6-4-16)27(24(30)23(20)29)8-7-26-9-11-31-12-10-26/h1-6,15,21,28H,7-14H2/b22-20+. The van der Waals surface area contributed by atoms with Gasteiger partial charge in [0, 0.05) is 44.1 Å². The number of hydrogen-bond acceptors (Lipinski definition) is 8. The lowest BCUT2D eigenvalue weighted by Gasteiger charge is -2.31. The van der Waals surface area contributed by atoms with Gasteiger partial charge in [-0.25, -0.2) is 0 Å². The number of ketones is 1. The Morgan fingerprint density at radius 3 is 2.45 bits per heavy atom. The van der Waals surface area contributed by atoms with Gasteiger partial charge in [0.25, 0.3) is 11.7 Å². The zero-order valence-electron chi connectivity index (χ0n) is 18.1. The van der Waals surface area contributed by atoms with E-state index in [1.165, 1.54) is 4.90 Å². The van der Waals surface area contributed by atoms with Crippen molar-refractivity contribution in [2.75, 3.05) is 52.6 Å². The Bertz CT molecular complexity index is 1080. The van der Waals surface area contributed by atoms with Crippen LogP contribution in [0.1, 0.15) is 17.2 Å². The predicted octanol–water partition coefficient (Wildman–Crippen LogP) is 1.61. The highest BCUT2D eigenvalue weighted by Crippen LogP contribution is 2.40. The number of nitrogens with zero attached hydrogens (tertiary/aromatic N) is 3. The molecular formula is C24H25N3O6. The number of aromatic nitrogens is 1. The van der Waals surface area contributed by atoms with Crippen LogP contribution in [-0.2, 0) is 14.3 Å². The summed E-state index contributed by atoms with van der Waals surface area (Å²) in [6.45, 7) is 4.68. The normalized spacial score (nSPS) is 22.5. The first-order chi connectivity index (χ1) is 16.1. The molecule has 0 aliphatic carbocycles. The van der Waals surface area contributed by atoms with E-state index in [2.05, 4.69) is 9.88 Å². The number of ether oxygens (including phenoxy) is 3. The first-order valence-corrected chi connectivity index (χ1v) is 11.0. The molecular weight excluding hydrogens is 426 g/mol. The van der Waals surface area contributed by atoms with Crippen molar-refractivity contribution in [2.24, 2.45) is 0 Å². The van der Waals surface area contributed by atoms with Crippen LogP contribution in [0.15, 0.2) is 48.3 Å². The van der Waals surface area contributed by atoms with E-state index < -0.39 is 17.7 Å². The van der Waals surface area contributed by atoms with Crippen LogP contribution in [0.3, 0.4) is 0 Å². The zero-order chi connectivity index (χ0) is 22.8. The Hall–Kier alpha value is -3.43. The molecule has 9 nitrogen and oxygen atoms in total. The Morgan fingerprint density at radius 2 is 1.70 bits per heavy atom. The summed E-state index contributed by atoms with van der Waals surface area (Å²) in [6, 6.07) is 7.80. The SMILES string of the molecule is O=C1C(=O)N(CCN2CCOCC2)C(c2ccncc2)/C1=C(\O)c1ccc2c(c1)OCCO2. The van der Waals surface area contributed by atoms with Gasteiger partial charge in [-0.1, -0.05) is 0 Å². The lowest BCUT2D eigenvalue weighted by molar-refractivity contribution is -0.140. The molecule has 1 N–H and O–H groups in total. The number of Topliss-reactive ketones (excluding diaryl/α,β-unsaturated/α-hetero) is 1. The van der Waals surface area contributed by atoms with E-state index in [0.717, 1.165) is 13.1 Å². The maximum atomic E-state index is 13.1. The highest BCUT2D eigenvalue weighted by molar-refractivity contribution is 6.46. The second-order valence-electron chi connectivity index (χ2n) is 8.09. The molecule has 4 heterocycles. The minimum Gasteiger partial charge on any atom is -0.507 e. The minimum absolute atomic E-state index is 0.0601. The van der Waals surface area contributed by atoms with Crippen LogP contribution in [0, 0.1) is 0 Å². The smallest absolute Gasteiger partial charge is 0.295 e. The van der Waals surface area contributed by atoms with Crippen molar-refractivity contribution in [1.82, 2.24) is 14.8 Å². The predicted molar refractivity (Wildman–Crippen MR) is 118 cm³/mol. The molecule has 9 heteroatoms. The molecule has 0 radical (unpaired) electrons. The number of carbonyl (C=O) groups is 2. The third-order valence-electron chi connectivity index (χ3n) is 6.14. The number of morpholine rings is 1. The quantitative estimate of drug-likeness (QED) is 0.416. The summed E-state index contributed by atoms with van der Waals surface area (Å²) in [5.41, 5.74) is 1.17. The molecule has 5 rings (SSSR count). The van der Waals surface area contributed by atoms with E-state index in [9.17, 15) is 14.7 Å². The Kier molecular flexibility index (Phi) is 5.97. The third-order valence-corrected chi connectivity index (χ3v) is 6.14. The fourth-order valence-corrected chi connectivity index (χ4v) is 4.42. The van der Waals surface area contributed by atoms with E-state index in [1.54, 1.807) is 42.7 Å². The van der Waals surface area contributed by atoms with Gasteiger partial charge >= 0.3 is 0 Å². The summed E-state index contributed by atoms with van der Waals surface area (Å²) >= 11 is 0. The van der Waals surface area contributed by atoms with E-state index in [-0.39, 0.29) is 11.3 Å². The molecule has 2 fully saturated rings. The van der Waals surface area contributed by atoms with E-state index in [4.69, 9.17) is 14.2 Å². The molecule has 2 aromatic rings. The first kappa shape index (κ1) is 21.4. The van der Waals surface area contributed by atoms with Crippen molar-refractivity contribution in [3.8, 4) is 11.5 Å². The van der Waals surface area contributed by atoms with Crippen molar-refractivity contribution >= 4 is 17.4 Å². The number of aliphatic hydroxyl groups excluding tert-OH is 1. The number of amides is 1. The molecule has 3 aliphatic rings. The molecule has 2 saturated heterocycles. The van der Waals surface area contributed by atoms with Crippen LogP contribution in [0.5, 0.6) is 11.5 Å². The lowest BCUT2D eigenvalue weighted by atomic mass is 9.96. The van der Waals surface area contributed by atoms with Crippen molar-refractivity contribution < 1.29 is 28.9 Å². The average molecular weight is 451 g/mol. The van der Waals surface area contributed by atoms with Crippen molar-refractivity contribution in [3.05, 3.63) is 59.4 Å². The summed E-state index contributed by atoms with van der Waals surface area (Å²) in [6.07, 6.45) is 3.23. The van der Waals surface area contributed by atoms with Gasteiger partial charge in [0.15, 0.2) is 11.5 Å². The lowest BCUT2D eigenvalue weighted by Crippen LogP contribution is -2.42. The fourth-order valence-electron chi connectivity index (χ4n) is 4.42. The van der Waals surface area contributed by atoms with Gasteiger partial charge in [-0.3, -0.25) is 19.5 Å². The zero-order valence-corrected chi connectivity index (χ0v) is 18.1. The summed E-state index contributed by atoms with van der Waals surface area (Å²) in [7, 11) is 0. The number of rotatable bonds is 5. The fraction of sp³-hybridized carbons (Fsp3) is 0.375. The van der Waals surface area contributed by atoms with Crippen LogP contribution in [0.2, 0.25) is 0 Å². The van der Waals surface area contributed by atoms with Gasteiger partial charge in [0.05, 0.1) is 24.8 Å².